The lowest BCUT2D eigenvalue weighted by Gasteiger charge is -2.29. The molecule has 0 bridgehead atoms. The third-order valence-corrected chi connectivity index (χ3v) is 5.75. The number of ether oxygens (including phenoxy) is 1. The molecule has 0 spiro atoms. The number of fused-ring (bicyclic) bond motifs is 1. The summed E-state index contributed by atoms with van der Waals surface area (Å²) in [7, 11) is 1.60. The highest BCUT2D eigenvalue weighted by Gasteiger charge is 2.39. The lowest BCUT2D eigenvalue weighted by atomic mass is 9.99. The molecule has 0 saturated carbocycles. The van der Waals surface area contributed by atoms with Gasteiger partial charge in [-0.15, -0.1) is 0 Å². The van der Waals surface area contributed by atoms with E-state index in [2.05, 4.69) is 11.4 Å². The van der Waals surface area contributed by atoms with Gasteiger partial charge in [-0.25, -0.2) is 4.79 Å². The van der Waals surface area contributed by atoms with Crippen LogP contribution in [0.25, 0.3) is 0 Å². The molecule has 30 heavy (non-hydrogen) atoms. The summed E-state index contributed by atoms with van der Waals surface area (Å²) in [5, 5.41) is 2.67. The molecule has 2 aliphatic heterocycles. The van der Waals surface area contributed by atoms with Crippen LogP contribution < -0.4 is 10.1 Å². The largest absolute Gasteiger partial charge is 0.497 e. The predicted molar refractivity (Wildman–Crippen MR) is 111 cm³/mol. The van der Waals surface area contributed by atoms with Gasteiger partial charge in [0, 0.05) is 19.6 Å². The quantitative estimate of drug-likeness (QED) is 0.744. The van der Waals surface area contributed by atoms with Gasteiger partial charge in [0.1, 0.15) is 11.8 Å². The van der Waals surface area contributed by atoms with Gasteiger partial charge in [0.25, 0.3) is 5.91 Å². The molecule has 156 valence electrons. The first-order chi connectivity index (χ1) is 14.5. The van der Waals surface area contributed by atoms with Crippen LogP contribution in [0.5, 0.6) is 5.75 Å². The zero-order valence-electron chi connectivity index (χ0n) is 17.0. The second-order valence-electron chi connectivity index (χ2n) is 7.63. The fourth-order valence-electron chi connectivity index (χ4n) is 3.97. The molecule has 1 atom stereocenters. The molecule has 0 aromatic heterocycles. The SMILES string of the molecule is COc1ccc(CCN2C(=O)N[C@H](CC(=O)N3CCc4ccccc4C3)C2=O)cc1. The van der Waals surface area contributed by atoms with Crippen LogP contribution in [0, 0.1) is 0 Å². The molecule has 0 aliphatic carbocycles. The number of imide groups is 1. The maximum Gasteiger partial charge on any atom is 0.324 e. The smallest absolute Gasteiger partial charge is 0.324 e. The highest BCUT2D eigenvalue weighted by molar-refractivity contribution is 6.05. The van der Waals surface area contributed by atoms with Gasteiger partial charge < -0.3 is 15.0 Å². The van der Waals surface area contributed by atoms with Gasteiger partial charge in [0.05, 0.1) is 13.5 Å². The fraction of sp³-hybridized carbons (Fsp3) is 0.348. The molecular formula is C23H25N3O4. The Balaban J connectivity index is 1.32. The van der Waals surface area contributed by atoms with Crippen molar-refractivity contribution in [2.24, 2.45) is 0 Å². The molecule has 1 saturated heterocycles. The molecule has 2 aromatic carbocycles. The van der Waals surface area contributed by atoms with Gasteiger partial charge in [-0.05, 0) is 41.7 Å². The van der Waals surface area contributed by atoms with Crippen LogP contribution in [0.3, 0.4) is 0 Å². The van der Waals surface area contributed by atoms with E-state index in [1.54, 1.807) is 12.0 Å². The highest BCUT2D eigenvalue weighted by Crippen LogP contribution is 2.20. The van der Waals surface area contributed by atoms with Crippen molar-refractivity contribution in [1.29, 1.82) is 0 Å². The third-order valence-electron chi connectivity index (χ3n) is 5.75. The molecular weight excluding hydrogens is 382 g/mol. The minimum absolute atomic E-state index is 0.00816. The fourth-order valence-corrected chi connectivity index (χ4v) is 3.97. The zero-order valence-corrected chi connectivity index (χ0v) is 17.0. The number of nitrogens with one attached hydrogen (secondary N) is 1. The number of carbonyl (C=O) groups excluding carboxylic acids is 3. The van der Waals surface area contributed by atoms with E-state index in [0.717, 1.165) is 23.3 Å². The van der Waals surface area contributed by atoms with Gasteiger partial charge in [0.2, 0.25) is 5.91 Å². The minimum Gasteiger partial charge on any atom is -0.497 e. The van der Waals surface area contributed by atoms with Crippen LogP contribution in [-0.2, 0) is 29.0 Å². The number of amides is 4. The van der Waals surface area contributed by atoms with Crippen LogP contribution in [0.15, 0.2) is 48.5 Å². The summed E-state index contributed by atoms with van der Waals surface area (Å²) in [5.41, 5.74) is 3.40. The summed E-state index contributed by atoms with van der Waals surface area (Å²) in [4.78, 5) is 40.7. The number of methoxy groups -OCH3 is 1. The Morgan fingerprint density at radius 3 is 2.57 bits per heavy atom. The lowest BCUT2D eigenvalue weighted by Crippen LogP contribution is -2.41. The van der Waals surface area contributed by atoms with Gasteiger partial charge in [0.15, 0.2) is 0 Å². The highest BCUT2D eigenvalue weighted by atomic mass is 16.5. The van der Waals surface area contributed by atoms with Crippen molar-refractivity contribution in [1.82, 2.24) is 15.1 Å². The average Bonchev–Trinajstić information content (AvgIpc) is 3.04. The molecule has 7 nitrogen and oxygen atoms in total. The van der Waals surface area contributed by atoms with Crippen molar-refractivity contribution in [2.45, 2.75) is 31.8 Å². The summed E-state index contributed by atoms with van der Waals surface area (Å²) in [6, 6.07) is 14.4. The molecule has 0 radical (unpaired) electrons. The Hall–Kier alpha value is -3.35. The Morgan fingerprint density at radius 1 is 1.10 bits per heavy atom. The van der Waals surface area contributed by atoms with Crippen LogP contribution in [0.2, 0.25) is 0 Å². The number of urea groups is 1. The Bertz CT molecular complexity index is 957. The molecule has 4 amide bonds. The van der Waals surface area contributed by atoms with Crippen molar-refractivity contribution >= 4 is 17.8 Å². The first-order valence-electron chi connectivity index (χ1n) is 10.1. The second kappa shape index (κ2) is 8.57. The molecule has 2 aromatic rings. The number of hydrogen-bond donors (Lipinski definition) is 1. The third kappa shape index (κ3) is 4.15. The van der Waals surface area contributed by atoms with Crippen LogP contribution in [0.4, 0.5) is 4.79 Å². The van der Waals surface area contributed by atoms with Gasteiger partial charge >= 0.3 is 6.03 Å². The van der Waals surface area contributed by atoms with E-state index < -0.39 is 12.1 Å². The van der Waals surface area contributed by atoms with Crippen molar-refractivity contribution in [3.63, 3.8) is 0 Å². The van der Waals surface area contributed by atoms with Crippen molar-refractivity contribution in [3.05, 3.63) is 65.2 Å². The number of carbonyl (C=O) groups is 3. The Labute approximate surface area is 175 Å². The first kappa shape index (κ1) is 19.9. The van der Waals surface area contributed by atoms with Gasteiger partial charge in [-0.2, -0.15) is 0 Å². The summed E-state index contributed by atoms with van der Waals surface area (Å²) in [6.45, 7) is 1.45. The van der Waals surface area contributed by atoms with E-state index >= 15 is 0 Å². The Morgan fingerprint density at radius 2 is 1.83 bits per heavy atom. The monoisotopic (exact) mass is 407 g/mol. The Kier molecular flexibility index (Phi) is 5.70. The average molecular weight is 407 g/mol. The molecule has 2 heterocycles. The number of hydrogen-bond acceptors (Lipinski definition) is 4. The number of rotatable bonds is 6. The molecule has 1 fully saturated rings. The minimum atomic E-state index is -0.793. The normalized spacial score (nSPS) is 18.2. The molecule has 1 N–H and O–H groups in total. The van der Waals surface area contributed by atoms with E-state index in [4.69, 9.17) is 4.74 Å². The molecule has 2 aliphatic rings. The number of nitrogens with zero attached hydrogens (tertiary/aromatic N) is 2. The second-order valence-corrected chi connectivity index (χ2v) is 7.63. The molecule has 0 unspecified atom stereocenters. The maximum absolute atomic E-state index is 12.8. The summed E-state index contributed by atoms with van der Waals surface area (Å²) < 4.78 is 5.14. The van der Waals surface area contributed by atoms with E-state index in [0.29, 0.717) is 19.5 Å². The van der Waals surface area contributed by atoms with Crippen LogP contribution in [-0.4, -0.2) is 53.9 Å². The summed E-state index contributed by atoms with van der Waals surface area (Å²) in [6.07, 6.45) is 1.35. The standard InChI is InChI=1S/C23H25N3O4/c1-30-19-8-6-16(7-9-19)10-13-26-22(28)20(24-23(26)29)14-21(27)25-12-11-17-4-2-3-5-18(17)15-25/h2-9,20H,10-15H2,1H3,(H,24,29)/t20-/m1/s1. The maximum atomic E-state index is 12.8. The lowest BCUT2D eigenvalue weighted by molar-refractivity contribution is -0.136. The molecule has 7 heteroatoms. The van der Waals surface area contributed by atoms with E-state index in [-0.39, 0.29) is 24.8 Å². The summed E-state index contributed by atoms with van der Waals surface area (Å²) >= 11 is 0. The zero-order chi connectivity index (χ0) is 21.1. The van der Waals surface area contributed by atoms with Crippen molar-refractivity contribution in [3.8, 4) is 5.75 Å². The summed E-state index contributed by atoms with van der Waals surface area (Å²) in [5.74, 6) is 0.312. The van der Waals surface area contributed by atoms with Crippen molar-refractivity contribution < 1.29 is 19.1 Å². The van der Waals surface area contributed by atoms with Crippen LogP contribution >= 0.6 is 0 Å². The first-order valence-corrected chi connectivity index (χ1v) is 10.1. The van der Waals surface area contributed by atoms with Crippen LogP contribution in [0.1, 0.15) is 23.1 Å². The number of benzene rings is 2. The van der Waals surface area contributed by atoms with Crippen molar-refractivity contribution in [2.75, 3.05) is 20.2 Å². The molecule has 4 rings (SSSR count). The van der Waals surface area contributed by atoms with E-state index in [1.807, 2.05) is 42.5 Å². The topological polar surface area (TPSA) is 79.0 Å². The van der Waals surface area contributed by atoms with E-state index in [1.165, 1.54) is 10.5 Å². The van der Waals surface area contributed by atoms with Gasteiger partial charge in [-0.1, -0.05) is 36.4 Å². The van der Waals surface area contributed by atoms with Gasteiger partial charge in [-0.3, -0.25) is 14.5 Å². The van der Waals surface area contributed by atoms with E-state index in [9.17, 15) is 14.4 Å². The predicted octanol–water partition coefficient (Wildman–Crippen LogP) is 2.13.